The third-order valence-corrected chi connectivity index (χ3v) is 5.24. The summed E-state index contributed by atoms with van der Waals surface area (Å²) in [6.07, 6.45) is 3.32. The Balaban J connectivity index is 1.23. The van der Waals surface area contributed by atoms with Crippen LogP contribution in [0.1, 0.15) is 16.2 Å². The molecule has 172 valence electrons. The highest BCUT2D eigenvalue weighted by Gasteiger charge is 2.16. The molecule has 0 atom stereocenters. The van der Waals surface area contributed by atoms with Gasteiger partial charge in [-0.2, -0.15) is 4.98 Å². The molecule has 1 fully saturated rings. The Labute approximate surface area is 196 Å². The van der Waals surface area contributed by atoms with Crippen molar-refractivity contribution in [3.8, 4) is 11.3 Å². The Morgan fingerprint density at radius 1 is 1.03 bits per heavy atom. The van der Waals surface area contributed by atoms with Crippen LogP contribution in [0.3, 0.4) is 0 Å². The van der Waals surface area contributed by atoms with Crippen molar-refractivity contribution < 1.29 is 14.1 Å². The summed E-state index contributed by atoms with van der Waals surface area (Å²) < 4.78 is 10.7. The molecule has 1 aliphatic heterocycles. The van der Waals surface area contributed by atoms with E-state index in [9.17, 15) is 4.79 Å². The number of anilines is 4. The lowest BCUT2D eigenvalue weighted by atomic mass is 10.2. The number of aryl methyl sites for hydroxylation is 1. The summed E-state index contributed by atoms with van der Waals surface area (Å²) in [7, 11) is 0. The zero-order chi connectivity index (χ0) is 23.3. The van der Waals surface area contributed by atoms with Crippen LogP contribution in [0.4, 0.5) is 23.1 Å². The van der Waals surface area contributed by atoms with Crippen LogP contribution in [-0.2, 0) is 4.74 Å². The second kappa shape index (κ2) is 9.67. The second-order valence-electron chi connectivity index (χ2n) is 7.77. The molecule has 4 aromatic rings. The summed E-state index contributed by atoms with van der Waals surface area (Å²) >= 11 is 0. The average Bonchev–Trinajstić information content (AvgIpc) is 3.37. The predicted octanol–water partition coefficient (Wildman–Crippen LogP) is 3.67. The number of hydrogen-bond donors (Lipinski definition) is 2. The standard InChI is InChI=1S/C24H23N7O3/c1-16-13-22(29-24(26-16)31-9-11-33-12-10-31)27-18-4-6-19(7-5-18)28-23(32)20-14-21(34-30-20)17-3-2-8-25-15-17/h2-8,13-15H,9-12H2,1H3,(H,28,32)(H,26,27,29). The topological polar surface area (TPSA) is 118 Å². The molecular formula is C24H23N7O3. The Morgan fingerprint density at radius 2 is 1.82 bits per heavy atom. The van der Waals surface area contributed by atoms with E-state index >= 15 is 0 Å². The number of hydrogen-bond acceptors (Lipinski definition) is 9. The minimum Gasteiger partial charge on any atom is -0.378 e. The van der Waals surface area contributed by atoms with Gasteiger partial charge < -0.3 is 24.8 Å². The molecule has 0 spiro atoms. The minimum absolute atomic E-state index is 0.188. The van der Waals surface area contributed by atoms with Crippen LogP contribution in [0.5, 0.6) is 0 Å². The first kappa shape index (κ1) is 21.5. The minimum atomic E-state index is -0.360. The Morgan fingerprint density at radius 3 is 2.59 bits per heavy atom. The van der Waals surface area contributed by atoms with Crippen LogP contribution in [0.2, 0.25) is 0 Å². The van der Waals surface area contributed by atoms with Gasteiger partial charge in [-0.25, -0.2) is 4.98 Å². The first-order valence-corrected chi connectivity index (χ1v) is 10.9. The van der Waals surface area contributed by atoms with Crippen molar-refractivity contribution in [2.45, 2.75) is 6.92 Å². The van der Waals surface area contributed by atoms with E-state index in [1.54, 1.807) is 36.7 Å². The van der Waals surface area contributed by atoms with Crippen molar-refractivity contribution in [3.63, 3.8) is 0 Å². The zero-order valence-electron chi connectivity index (χ0n) is 18.6. The number of nitrogens with one attached hydrogen (secondary N) is 2. The molecule has 0 unspecified atom stereocenters. The van der Waals surface area contributed by atoms with Crippen LogP contribution in [-0.4, -0.2) is 52.3 Å². The smallest absolute Gasteiger partial charge is 0.277 e. The lowest BCUT2D eigenvalue weighted by Gasteiger charge is -2.27. The van der Waals surface area contributed by atoms with Crippen LogP contribution in [0, 0.1) is 6.92 Å². The van der Waals surface area contributed by atoms with Crippen LogP contribution >= 0.6 is 0 Å². The summed E-state index contributed by atoms with van der Waals surface area (Å²) in [5, 5.41) is 9.99. The van der Waals surface area contributed by atoms with Crippen LogP contribution in [0.25, 0.3) is 11.3 Å². The monoisotopic (exact) mass is 457 g/mol. The maximum atomic E-state index is 12.6. The van der Waals surface area contributed by atoms with Gasteiger partial charge >= 0.3 is 0 Å². The number of morpholine rings is 1. The van der Waals surface area contributed by atoms with Crippen molar-refractivity contribution in [2.24, 2.45) is 0 Å². The van der Waals surface area contributed by atoms with Gasteiger partial charge in [0.25, 0.3) is 5.91 Å². The molecule has 0 radical (unpaired) electrons. The van der Waals surface area contributed by atoms with E-state index in [4.69, 9.17) is 9.26 Å². The van der Waals surface area contributed by atoms with Gasteiger partial charge in [-0.05, 0) is 43.3 Å². The highest BCUT2D eigenvalue weighted by atomic mass is 16.5. The Bertz CT molecular complexity index is 1270. The highest BCUT2D eigenvalue weighted by molar-refractivity contribution is 6.03. The van der Waals surface area contributed by atoms with Crippen LogP contribution < -0.4 is 15.5 Å². The summed E-state index contributed by atoms with van der Waals surface area (Å²) in [5.41, 5.74) is 3.29. The molecule has 10 nitrogen and oxygen atoms in total. The molecule has 0 bridgehead atoms. The second-order valence-corrected chi connectivity index (χ2v) is 7.77. The lowest BCUT2D eigenvalue weighted by molar-refractivity contribution is 0.101. The van der Waals surface area contributed by atoms with E-state index in [2.05, 4.69) is 35.6 Å². The molecule has 34 heavy (non-hydrogen) atoms. The van der Waals surface area contributed by atoms with E-state index in [1.165, 1.54) is 0 Å². The van der Waals surface area contributed by atoms with Gasteiger partial charge in [0, 0.05) is 60.2 Å². The van der Waals surface area contributed by atoms with Gasteiger partial charge in [-0.1, -0.05) is 5.16 Å². The molecule has 1 aromatic carbocycles. The van der Waals surface area contributed by atoms with Gasteiger partial charge in [-0.15, -0.1) is 0 Å². The maximum absolute atomic E-state index is 12.6. The van der Waals surface area contributed by atoms with Gasteiger partial charge in [0.2, 0.25) is 5.95 Å². The fourth-order valence-electron chi connectivity index (χ4n) is 3.53. The number of aromatic nitrogens is 4. The van der Waals surface area contributed by atoms with Crippen molar-refractivity contribution in [3.05, 3.63) is 72.3 Å². The highest BCUT2D eigenvalue weighted by Crippen LogP contribution is 2.22. The molecule has 0 saturated carbocycles. The van der Waals surface area contributed by atoms with E-state index in [1.807, 2.05) is 31.2 Å². The fraction of sp³-hybridized carbons (Fsp3) is 0.208. The molecule has 1 amide bonds. The molecule has 1 saturated heterocycles. The predicted molar refractivity (Wildman–Crippen MR) is 127 cm³/mol. The van der Waals surface area contributed by atoms with Gasteiger partial charge in [-0.3, -0.25) is 9.78 Å². The summed E-state index contributed by atoms with van der Waals surface area (Å²) in [6, 6.07) is 14.5. The average molecular weight is 457 g/mol. The van der Waals surface area contributed by atoms with Crippen molar-refractivity contribution in [2.75, 3.05) is 41.8 Å². The van der Waals surface area contributed by atoms with E-state index in [-0.39, 0.29) is 11.6 Å². The number of pyridine rings is 1. The molecule has 0 aliphatic carbocycles. The van der Waals surface area contributed by atoms with E-state index in [0.717, 1.165) is 30.0 Å². The largest absolute Gasteiger partial charge is 0.378 e. The first-order chi connectivity index (χ1) is 16.6. The number of benzene rings is 1. The molecular weight excluding hydrogens is 434 g/mol. The lowest BCUT2D eigenvalue weighted by Crippen LogP contribution is -2.37. The Hall–Kier alpha value is -4.31. The number of rotatable bonds is 6. The number of carbonyl (C=O) groups excluding carboxylic acids is 1. The molecule has 4 heterocycles. The molecule has 2 N–H and O–H groups in total. The molecule has 5 rings (SSSR count). The Kier molecular flexibility index (Phi) is 6.13. The quantitative estimate of drug-likeness (QED) is 0.447. The molecule has 10 heteroatoms. The summed E-state index contributed by atoms with van der Waals surface area (Å²) in [4.78, 5) is 27.9. The third-order valence-electron chi connectivity index (χ3n) is 5.24. The van der Waals surface area contributed by atoms with Crippen molar-refractivity contribution >= 4 is 29.0 Å². The van der Waals surface area contributed by atoms with Crippen molar-refractivity contribution in [1.29, 1.82) is 0 Å². The van der Waals surface area contributed by atoms with Gasteiger partial charge in [0.1, 0.15) is 5.82 Å². The summed E-state index contributed by atoms with van der Waals surface area (Å²) in [5.74, 6) is 1.51. The van der Waals surface area contributed by atoms with Crippen LogP contribution in [0.15, 0.2) is 65.4 Å². The normalized spacial score (nSPS) is 13.5. The van der Waals surface area contributed by atoms with Gasteiger partial charge in [0.05, 0.1) is 13.2 Å². The number of amides is 1. The van der Waals surface area contributed by atoms with Gasteiger partial charge in [0.15, 0.2) is 11.5 Å². The molecule has 1 aliphatic rings. The third kappa shape index (κ3) is 5.02. The maximum Gasteiger partial charge on any atom is 0.277 e. The van der Waals surface area contributed by atoms with E-state index in [0.29, 0.717) is 36.4 Å². The number of ether oxygens (including phenoxy) is 1. The number of carbonyl (C=O) groups is 1. The zero-order valence-corrected chi connectivity index (χ0v) is 18.6. The number of nitrogens with zero attached hydrogens (tertiary/aromatic N) is 5. The van der Waals surface area contributed by atoms with Crippen molar-refractivity contribution in [1.82, 2.24) is 20.1 Å². The van der Waals surface area contributed by atoms with E-state index < -0.39 is 0 Å². The fourth-order valence-corrected chi connectivity index (χ4v) is 3.53. The summed E-state index contributed by atoms with van der Waals surface area (Å²) in [6.45, 7) is 4.83. The first-order valence-electron chi connectivity index (χ1n) is 10.9. The SMILES string of the molecule is Cc1cc(Nc2ccc(NC(=O)c3cc(-c4cccnc4)on3)cc2)nc(N2CCOCC2)n1. The molecule has 3 aromatic heterocycles.